The molecule has 16 heavy (non-hydrogen) atoms. The minimum absolute atomic E-state index is 0.236. The van der Waals surface area contributed by atoms with Crippen LogP contribution in [0.1, 0.15) is 24.8 Å². The number of hydrogen-bond acceptors (Lipinski definition) is 3. The number of hydroxylamine groups is 1. The van der Waals surface area contributed by atoms with Crippen LogP contribution in [-0.2, 0) is 6.54 Å². The van der Waals surface area contributed by atoms with E-state index >= 15 is 0 Å². The van der Waals surface area contributed by atoms with Crippen LogP contribution in [0.25, 0.3) is 0 Å². The van der Waals surface area contributed by atoms with Gasteiger partial charge in [-0.25, -0.2) is 9.87 Å². The molecule has 0 atom stereocenters. The number of halogens is 1. The largest absolute Gasteiger partial charge is 0.490 e. The Bertz CT molecular complexity index is 353. The Hall–Kier alpha value is -1.13. The van der Waals surface area contributed by atoms with Gasteiger partial charge in [0.05, 0.1) is 6.61 Å². The predicted octanol–water partition coefficient (Wildman–Crippen LogP) is 2.48. The van der Waals surface area contributed by atoms with Gasteiger partial charge in [-0.15, -0.1) is 0 Å². The summed E-state index contributed by atoms with van der Waals surface area (Å²) in [6.07, 6.45) is 3.64. The molecule has 2 N–H and O–H groups in total. The van der Waals surface area contributed by atoms with Crippen molar-refractivity contribution >= 4 is 0 Å². The number of rotatable bonds is 5. The molecule has 0 heterocycles. The van der Waals surface area contributed by atoms with Crippen molar-refractivity contribution in [3.05, 3.63) is 29.6 Å². The lowest BCUT2D eigenvalue weighted by Gasteiger charge is -2.25. The first-order chi connectivity index (χ1) is 7.79. The lowest BCUT2D eigenvalue weighted by molar-refractivity contribution is 0.160. The van der Waals surface area contributed by atoms with Crippen LogP contribution in [-0.4, -0.2) is 11.8 Å². The molecule has 0 bridgehead atoms. The second-order valence-corrected chi connectivity index (χ2v) is 4.21. The molecule has 1 saturated carbocycles. The molecule has 88 valence electrons. The molecule has 3 nitrogen and oxygen atoms in total. The molecule has 2 rings (SSSR count). The Morgan fingerprint density at radius 3 is 2.81 bits per heavy atom. The smallest absolute Gasteiger partial charge is 0.165 e. The van der Waals surface area contributed by atoms with Crippen LogP contribution in [0, 0.1) is 11.7 Å². The van der Waals surface area contributed by atoms with E-state index < -0.39 is 0 Å². The second-order valence-electron chi connectivity index (χ2n) is 4.21. The molecule has 0 saturated heterocycles. The molecule has 0 amide bonds. The molecular formula is C12H16FNO2. The number of nitrogens with one attached hydrogen (secondary N) is 1. The average molecular weight is 225 g/mol. The summed E-state index contributed by atoms with van der Waals surface area (Å²) in [7, 11) is 0. The van der Waals surface area contributed by atoms with Gasteiger partial charge in [-0.3, -0.25) is 0 Å². The number of benzene rings is 1. The molecule has 0 aromatic heterocycles. The highest BCUT2D eigenvalue weighted by Gasteiger charge is 2.18. The van der Waals surface area contributed by atoms with Crippen molar-refractivity contribution in [3.63, 3.8) is 0 Å². The van der Waals surface area contributed by atoms with E-state index in [4.69, 9.17) is 9.94 Å². The quantitative estimate of drug-likeness (QED) is 0.756. The van der Waals surface area contributed by atoms with E-state index in [1.165, 1.54) is 25.3 Å². The van der Waals surface area contributed by atoms with Crippen molar-refractivity contribution < 1.29 is 14.3 Å². The van der Waals surface area contributed by atoms with Crippen molar-refractivity contribution in [3.8, 4) is 5.75 Å². The van der Waals surface area contributed by atoms with Gasteiger partial charge in [0, 0.05) is 6.54 Å². The number of hydrogen-bond donors (Lipinski definition) is 2. The van der Waals surface area contributed by atoms with E-state index in [2.05, 4.69) is 0 Å². The van der Waals surface area contributed by atoms with Gasteiger partial charge >= 0.3 is 0 Å². The Labute approximate surface area is 94.2 Å². The first-order valence-corrected chi connectivity index (χ1v) is 5.58. The minimum atomic E-state index is -0.368. The lowest BCUT2D eigenvalue weighted by Crippen LogP contribution is -2.19. The van der Waals surface area contributed by atoms with Gasteiger partial charge in [0.1, 0.15) is 0 Å². The number of ether oxygens (including phenoxy) is 1. The monoisotopic (exact) mass is 225 g/mol. The van der Waals surface area contributed by atoms with Crippen LogP contribution in [0.4, 0.5) is 4.39 Å². The fraction of sp³-hybridized carbons (Fsp3) is 0.500. The SMILES string of the molecule is ONCc1ccc(OCC2CCC2)c(F)c1. The van der Waals surface area contributed by atoms with Crippen molar-refractivity contribution in [2.75, 3.05) is 6.61 Å². The summed E-state index contributed by atoms with van der Waals surface area (Å²) in [4.78, 5) is 0. The van der Waals surface area contributed by atoms with Crippen LogP contribution in [0.3, 0.4) is 0 Å². The molecule has 1 aliphatic carbocycles. The molecule has 1 aromatic rings. The van der Waals surface area contributed by atoms with Crippen molar-refractivity contribution in [2.45, 2.75) is 25.8 Å². The minimum Gasteiger partial charge on any atom is -0.490 e. The van der Waals surface area contributed by atoms with E-state index in [-0.39, 0.29) is 12.4 Å². The maximum atomic E-state index is 13.5. The third kappa shape index (κ3) is 2.71. The van der Waals surface area contributed by atoms with Gasteiger partial charge in [0.2, 0.25) is 0 Å². The van der Waals surface area contributed by atoms with Gasteiger partial charge < -0.3 is 9.94 Å². The van der Waals surface area contributed by atoms with Crippen LogP contribution in [0.2, 0.25) is 0 Å². The van der Waals surface area contributed by atoms with Gasteiger partial charge in [0.15, 0.2) is 11.6 Å². The normalized spacial score (nSPS) is 15.9. The summed E-state index contributed by atoms with van der Waals surface area (Å²) in [6, 6.07) is 4.72. The van der Waals surface area contributed by atoms with E-state index in [1.54, 1.807) is 12.1 Å². The second kappa shape index (κ2) is 5.27. The molecule has 0 radical (unpaired) electrons. The van der Waals surface area contributed by atoms with E-state index in [1.807, 2.05) is 5.48 Å². The van der Waals surface area contributed by atoms with E-state index in [0.29, 0.717) is 23.8 Å². The lowest BCUT2D eigenvalue weighted by atomic mass is 9.86. The first-order valence-electron chi connectivity index (χ1n) is 5.58. The molecule has 1 fully saturated rings. The average Bonchev–Trinajstić information content (AvgIpc) is 2.19. The van der Waals surface area contributed by atoms with E-state index in [0.717, 1.165) is 0 Å². The summed E-state index contributed by atoms with van der Waals surface area (Å²) in [5, 5.41) is 8.49. The van der Waals surface area contributed by atoms with Gasteiger partial charge in [-0.1, -0.05) is 12.5 Å². The third-order valence-electron chi connectivity index (χ3n) is 2.98. The van der Waals surface area contributed by atoms with Crippen LogP contribution >= 0.6 is 0 Å². The maximum Gasteiger partial charge on any atom is 0.165 e. The fourth-order valence-corrected chi connectivity index (χ4v) is 1.73. The summed E-state index contributed by atoms with van der Waals surface area (Å²) in [5.41, 5.74) is 2.68. The highest BCUT2D eigenvalue weighted by atomic mass is 19.1. The molecule has 0 aliphatic heterocycles. The standard InChI is InChI=1S/C12H16FNO2/c13-11-6-10(7-14-15)4-5-12(11)16-8-9-2-1-3-9/h4-6,9,14-15H,1-3,7-8H2. The van der Waals surface area contributed by atoms with Crippen molar-refractivity contribution in [1.29, 1.82) is 0 Å². The Balaban J connectivity index is 1.92. The Morgan fingerprint density at radius 1 is 1.44 bits per heavy atom. The Kier molecular flexibility index (Phi) is 3.74. The summed E-state index contributed by atoms with van der Waals surface area (Å²) >= 11 is 0. The summed E-state index contributed by atoms with van der Waals surface area (Å²) in [6.45, 7) is 0.842. The van der Waals surface area contributed by atoms with E-state index in [9.17, 15) is 4.39 Å². The fourth-order valence-electron chi connectivity index (χ4n) is 1.73. The van der Waals surface area contributed by atoms with Gasteiger partial charge in [-0.05, 0) is 36.5 Å². The predicted molar refractivity (Wildman–Crippen MR) is 57.9 cm³/mol. The zero-order chi connectivity index (χ0) is 11.4. The molecule has 4 heteroatoms. The van der Waals surface area contributed by atoms with Crippen molar-refractivity contribution in [2.24, 2.45) is 5.92 Å². The Morgan fingerprint density at radius 2 is 2.25 bits per heavy atom. The molecule has 1 aromatic carbocycles. The zero-order valence-corrected chi connectivity index (χ0v) is 9.08. The molecule has 0 unspecified atom stereocenters. The van der Waals surface area contributed by atoms with Crippen LogP contribution in [0.15, 0.2) is 18.2 Å². The highest BCUT2D eigenvalue weighted by molar-refractivity contribution is 5.29. The molecule has 0 spiro atoms. The van der Waals surface area contributed by atoms with Crippen LogP contribution in [0.5, 0.6) is 5.75 Å². The third-order valence-corrected chi connectivity index (χ3v) is 2.98. The summed E-state index contributed by atoms with van der Waals surface area (Å²) in [5.74, 6) is 0.527. The maximum absolute atomic E-state index is 13.5. The van der Waals surface area contributed by atoms with Gasteiger partial charge in [-0.2, -0.15) is 0 Å². The first kappa shape index (κ1) is 11.4. The molecule has 1 aliphatic rings. The van der Waals surface area contributed by atoms with Crippen LogP contribution < -0.4 is 10.2 Å². The van der Waals surface area contributed by atoms with Crippen molar-refractivity contribution in [1.82, 2.24) is 5.48 Å². The summed E-state index contributed by atoms with van der Waals surface area (Å²) < 4.78 is 18.9. The topological polar surface area (TPSA) is 41.5 Å². The highest BCUT2D eigenvalue weighted by Crippen LogP contribution is 2.28. The van der Waals surface area contributed by atoms with Gasteiger partial charge in [0.25, 0.3) is 0 Å². The zero-order valence-electron chi connectivity index (χ0n) is 9.08. The molecular weight excluding hydrogens is 209 g/mol.